The Labute approximate surface area is 108 Å². The Hall–Kier alpha value is -1.88. The van der Waals surface area contributed by atoms with Crippen molar-refractivity contribution in [3.05, 3.63) is 40.8 Å². The van der Waals surface area contributed by atoms with Gasteiger partial charge < -0.3 is 5.11 Å². The van der Waals surface area contributed by atoms with Crippen LogP contribution in [0.2, 0.25) is 5.15 Å². The van der Waals surface area contributed by atoms with E-state index in [1.165, 1.54) is 16.8 Å². The molecule has 1 aliphatic rings. The molecule has 2 aromatic rings. The Balaban J connectivity index is 2.07. The fourth-order valence-electron chi connectivity index (χ4n) is 1.82. The summed E-state index contributed by atoms with van der Waals surface area (Å²) >= 11 is 5.81. The highest BCUT2D eigenvalue weighted by Crippen LogP contribution is 2.39. The number of aromatic nitrogens is 3. The van der Waals surface area contributed by atoms with Gasteiger partial charge in [-0.1, -0.05) is 11.6 Å². The van der Waals surface area contributed by atoms with Gasteiger partial charge >= 0.3 is 5.97 Å². The number of aromatic carboxylic acids is 1. The van der Waals surface area contributed by atoms with Crippen molar-refractivity contribution in [3.63, 3.8) is 0 Å². The molecule has 1 N–H and O–H groups in total. The molecule has 2 aromatic heterocycles. The monoisotopic (exact) mass is 263 g/mol. The van der Waals surface area contributed by atoms with E-state index in [9.17, 15) is 4.79 Å². The second kappa shape index (κ2) is 4.10. The number of hydrogen-bond acceptors (Lipinski definition) is 3. The van der Waals surface area contributed by atoms with Crippen LogP contribution in [0.4, 0.5) is 0 Å². The van der Waals surface area contributed by atoms with E-state index in [4.69, 9.17) is 16.7 Å². The third-order valence-electron chi connectivity index (χ3n) is 2.89. The first kappa shape index (κ1) is 11.2. The van der Waals surface area contributed by atoms with Gasteiger partial charge in [0.25, 0.3) is 0 Å². The zero-order valence-corrected chi connectivity index (χ0v) is 10.1. The molecule has 6 heteroatoms. The molecule has 0 saturated heterocycles. The molecule has 0 atom stereocenters. The van der Waals surface area contributed by atoms with E-state index in [-0.39, 0.29) is 16.5 Å². The molecule has 5 nitrogen and oxygen atoms in total. The number of halogens is 1. The van der Waals surface area contributed by atoms with Crippen LogP contribution in [-0.4, -0.2) is 25.8 Å². The lowest BCUT2D eigenvalue weighted by Gasteiger charge is -2.05. The summed E-state index contributed by atoms with van der Waals surface area (Å²) in [4.78, 5) is 15.2. The van der Waals surface area contributed by atoms with Crippen molar-refractivity contribution in [2.45, 2.75) is 18.8 Å². The second-order valence-corrected chi connectivity index (χ2v) is 4.66. The highest BCUT2D eigenvalue weighted by atomic mass is 35.5. The molecule has 2 heterocycles. The lowest BCUT2D eigenvalue weighted by atomic mass is 10.2. The SMILES string of the molecule is O=C(O)c1ccc(Cl)nc1-n1ccc(C2CC2)n1. The van der Waals surface area contributed by atoms with Crippen LogP contribution in [-0.2, 0) is 0 Å². The van der Waals surface area contributed by atoms with Crippen LogP contribution < -0.4 is 0 Å². The Morgan fingerprint density at radius 3 is 2.83 bits per heavy atom. The van der Waals surface area contributed by atoms with E-state index >= 15 is 0 Å². The van der Waals surface area contributed by atoms with Crippen molar-refractivity contribution in [2.75, 3.05) is 0 Å². The number of carboxylic acids is 1. The van der Waals surface area contributed by atoms with Crippen LogP contribution in [0.3, 0.4) is 0 Å². The summed E-state index contributed by atoms with van der Waals surface area (Å²) in [5.74, 6) is -0.279. The van der Waals surface area contributed by atoms with E-state index in [0.29, 0.717) is 5.92 Å². The largest absolute Gasteiger partial charge is 0.478 e. The summed E-state index contributed by atoms with van der Waals surface area (Å²) in [5, 5.41) is 13.7. The van der Waals surface area contributed by atoms with Crippen LogP contribution >= 0.6 is 11.6 Å². The van der Waals surface area contributed by atoms with Gasteiger partial charge in [-0.05, 0) is 31.0 Å². The van der Waals surface area contributed by atoms with Gasteiger partial charge in [0.05, 0.1) is 5.69 Å². The minimum absolute atomic E-state index is 0.0878. The summed E-state index contributed by atoms with van der Waals surface area (Å²) in [6.45, 7) is 0. The smallest absolute Gasteiger partial charge is 0.339 e. The fraction of sp³-hybridized carbons (Fsp3) is 0.250. The van der Waals surface area contributed by atoms with Gasteiger partial charge in [-0.15, -0.1) is 0 Å². The molecule has 18 heavy (non-hydrogen) atoms. The molecule has 0 radical (unpaired) electrons. The molecule has 0 spiro atoms. The highest BCUT2D eigenvalue weighted by Gasteiger charge is 2.26. The third kappa shape index (κ3) is 1.97. The van der Waals surface area contributed by atoms with Crippen molar-refractivity contribution < 1.29 is 9.90 Å². The summed E-state index contributed by atoms with van der Waals surface area (Å²) in [6, 6.07) is 4.79. The Bertz CT molecular complexity index is 620. The van der Waals surface area contributed by atoms with E-state index in [0.717, 1.165) is 18.5 Å². The first-order chi connectivity index (χ1) is 8.65. The Kier molecular flexibility index (Phi) is 2.56. The molecule has 1 aliphatic carbocycles. The molecule has 92 valence electrons. The van der Waals surface area contributed by atoms with Gasteiger partial charge in [-0.3, -0.25) is 0 Å². The molecule has 1 fully saturated rings. The molecule has 1 saturated carbocycles. The van der Waals surface area contributed by atoms with Crippen molar-refractivity contribution in [1.29, 1.82) is 0 Å². The first-order valence-electron chi connectivity index (χ1n) is 5.61. The van der Waals surface area contributed by atoms with E-state index in [1.54, 1.807) is 6.20 Å². The number of carbonyl (C=O) groups is 1. The minimum atomic E-state index is -1.04. The predicted octanol–water partition coefficient (Wildman–Crippen LogP) is 2.50. The maximum atomic E-state index is 11.1. The number of pyridine rings is 1. The van der Waals surface area contributed by atoms with E-state index < -0.39 is 5.97 Å². The van der Waals surface area contributed by atoms with E-state index in [1.807, 2.05) is 6.07 Å². The molecule has 3 rings (SSSR count). The second-order valence-electron chi connectivity index (χ2n) is 4.27. The summed E-state index contributed by atoms with van der Waals surface area (Å²) in [6.07, 6.45) is 4.01. The zero-order valence-electron chi connectivity index (χ0n) is 9.38. The zero-order chi connectivity index (χ0) is 12.7. The fourth-order valence-corrected chi connectivity index (χ4v) is 1.96. The van der Waals surface area contributed by atoms with Gasteiger partial charge in [0.2, 0.25) is 0 Å². The normalized spacial score (nSPS) is 14.7. The standard InChI is InChI=1S/C12H10ClN3O2/c13-10-4-3-8(12(17)18)11(14-10)16-6-5-9(15-16)7-1-2-7/h3-7H,1-2H2,(H,17,18). The maximum absolute atomic E-state index is 11.1. The van der Waals surface area contributed by atoms with Gasteiger partial charge in [-0.25, -0.2) is 14.5 Å². The van der Waals surface area contributed by atoms with Crippen molar-refractivity contribution in [2.24, 2.45) is 0 Å². The highest BCUT2D eigenvalue weighted by molar-refractivity contribution is 6.29. The minimum Gasteiger partial charge on any atom is -0.478 e. The van der Waals surface area contributed by atoms with Crippen LogP contribution in [0.5, 0.6) is 0 Å². The number of rotatable bonds is 3. The number of carboxylic acid groups (broad SMARTS) is 1. The van der Waals surface area contributed by atoms with Gasteiger partial charge in [0, 0.05) is 12.1 Å². The summed E-state index contributed by atoms with van der Waals surface area (Å²) < 4.78 is 1.48. The number of nitrogens with zero attached hydrogens (tertiary/aromatic N) is 3. The van der Waals surface area contributed by atoms with Crippen molar-refractivity contribution in [1.82, 2.24) is 14.8 Å². The molecule has 0 aromatic carbocycles. The van der Waals surface area contributed by atoms with Crippen molar-refractivity contribution in [3.8, 4) is 5.82 Å². The lowest BCUT2D eigenvalue weighted by Crippen LogP contribution is -2.08. The van der Waals surface area contributed by atoms with Gasteiger partial charge in [-0.2, -0.15) is 5.10 Å². The average Bonchev–Trinajstić information content (AvgIpc) is 3.07. The molecule has 0 aliphatic heterocycles. The predicted molar refractivity (Wildman–Crippen MR) is 65.3 cm³/mol. The van der Waals surface area contributed by atoms with Crippen molar-refractivity contribution >= 4 is 17.6 Å². The molecule has 0 unspecified atom stereocenters. The summed E-state index contributed by atoms with van der Waals surface area (Å²) in [7, 11) is 0. The van der Waals surface area contributed by atoms with Crippen LogP contribution in [0, 0.1) is 0 Å². The molecular weight excluding hydrogens is 254 g/mol. The Morgan fingerprint density at radius 1 is 1.39 bits per heavy atom. The van der Waals surface area contributed by atoms with E-state index in [2.05, 4.69) is 10.1 Å². The quantitative estimate of drug-likeness (QED) is 0.864. The van der Waals surface area contributed by atoms with Gasteiger partial charge in [0.1, 0.15) is 10.7 Å². The average molecular weight is 264 g/mol. The lowest BCUT2D eigenvalue weighted by molar-refractivity contribution is 0.0696. The Morgan fingerprint density at radius 2 is 2.17 bits per heavy atom. The molecular formula is C12H10ClN3O2. The van der Waals surface area contributed by atoms with Crippen LogP contribution in [0.1, 0.15) is 34.8 Å². The molecule has 0 bridgehead atoms. The van der Waals surface area contributed by atoms with Crippen LogP contribution in [0.15, 0.2) is 24.4 Å². The number of hydrogen-bond donors (Lipinski definition) is 1. The topological polar surface area (TPSA) is 68.0 Å². The maximum Gasteiger partial charge on any atom is 0.339 e. The summed E-state index contributed by atoms with van der Waals surface area (Å²) in [5.41, 5.74) is 1.07. The van der Waals surface area contributed by atoms with Crippen LogP contribution in [0.25, 0.3) is 5.82 Å². The molecule has 0 amide bonds. The first-order valence-corrected chi connectivity index (χ1v) is 5.99. The third-order valence-corrected chi connectivity index (χ3v) is 3.10. The van der Waals surface area contributed by atoms with Gasteiger partial charge in [0.15, 0.2) is 5.82 Å².